The van der Waals surface area contributed by atoms with Crippen molar-refractivity contribution in [2.45, 2.75) is 125 Å². The summed E-state index contributed by atoms with van der Waals surface area (Å²) < 4.78 is 0. The average Bonchev–Trinajstić information content (AvgIpc) is 3.09. The second-order valence-corrected chi connectivity index (χ2v) is 13.5. The van der Waals surface area contributed by atoms with Crippen molar-refractivity contribution in [1.29, 1.82) is 0 Å². The number of hydrogen-bond acceptors (Lipinski definition) is 2. The lowest BCUT2D eigenvalue weighted by Crippen LogP contribution is -2.54. The molecule has 2 nitrogen and oxygen atoms in total. The zero-order valence-electron chi connectivity index (χ0n) is 21.5. The summed E-state index contributed by atoms with van der Waals surface area (Å²) in [5, 5.41) is 9.22. The standard InChI is InChI=1S/C29H52O2/c1-19(2)8-7-9-20(3)25-12-13-26-24-11-10-23-18-22(21(4)31-30)14-16-28(23,5)27(24)15-17-29(25,26)6/h19-27,30H,7-18H2,1-6H3. The molecule has 10 unspecified atom stereocenters. The van der Waals surface area contributed by atoms with E-state index >= 15 is 0 Å². The van der Waals surface area contributed by atoms with E-state index in [1.54, 1.807) is 0 Å². The predicted octanol–water partition coefficient (Wildman–Crippen LogP) is 8.60. The van der Waals surface area contributed by atoms with Crippen LogP contribution < -0.4 is 0 Å². The van der Waals surface area contributed by atoms with Crippen LogP contribution in [0.25, 0.3) is 0 Å². The molecule has 0 aromatic carbocycles. The van der Waals surface area contributed by atoms with Crippen LogP contribution in [0.15, 0.2) is 0 Å². The Morgan fingerprint density at radius 2 is 1.55 bits per heavy atom. The second kappa shape index (κ2) is 9.28. The van der Waals surface area contributed by atoms with Gasteiger partial charge >= 0.3 is 0 Å². The summed E-state index contributed by atoms with van der Waals surface area (Å²) in [5.41, 5.74) is 1.15. The van der Waals surface area contributed by atoms with Gasteiger partial charge in [-0.1, -0.05) is 53.9 Å². The first-order chi connectivity index (χ1) is 14.7. The summed E-state index contributed by atoms with van der Waals surface area (Å²) >= 11 is 0. The van der Waals surface area contributed by atoms with Gasteiger partial charge in [-0.3, -0.25) is 5.26 Å². The molecule has 10 atom stereocenters. The maximum atomic E-state index is 9.22. The summed E-state index contributed by atoms with van der Waals surface area (Å²) in [6.45, 7) is 14.8. The maximum absolute atomic E-state index is 9.22. The Balaban J connectivity index is 1.44. The van der Waals surface area contributed by atoms with Crippen molar-refractivity contribution in [3.8, 4) is 0 Å². The molecular weight excluding hydrogens is 380 g/mol. The average molecular weight is 433 g/mol. The van der Waals surface area contributed by atoms with Gasteiger partial charge in [0.15, 0.2) is 0 Å². The van der Waals surface area contributed by atoms with Crippen molar-refractivity contribution in [2.75, 3.05) is 0 Å². The smallest absolute Gasteiger partial charge is 0.0927 e. The number of fused-ring (bicyclic) bond motifs is 5. The highest BCUT2D eigenvalue weighted by Gasteiger charge is 2.60. The molecule has 0 amide bonds. The fraction of sp³-hybridized carbons (Fsp3) is 1.00. The van der Waals surface area contributed by atoms with Crippen LogP contribution in [0.3, 0.4) is 0 Å². The molecule has 4 aliphatic rings. The Labute approximate surface area is 193 Å². The van der Waals surface area contributed by atoms with Crippen molar-refractivity contribution in [2.24, 2.45) is 58.2 Å². The zero-order chi connectivity index (χ0) is 22.4. The van der Waals surface area contributed by atoms with Crippen LogP contribution in [0.1, 0.15) is 119 Å². The van der Waals surface area contributed by atoms with Crippen LogP contribution >= 0.6 is 0 Å². The third-order valence-corrected chi connectivity index (χ3v) is 11.7. The summed E-state index contributed by atoms with van der Waals surface area (Å²) in [4.78, 5) is 4.75. The minimum absolute atomic E-state index is 0.00435. The molecule has 4 saturated carbocycles. The molecule has 0 aromatic heterocycles. The quantitative estimate of drug-likeness (QED) is 0.322. The van der Waals surface area contributed by atoms with Crippen LogP contribution in [-0.2, 0) is 4.89 Å². The van der Waals surface area contributed by atoms with Gasteiger partial charge < -0.3 is 0 Å². The lowest BCUT2D eigenvalue weighted by atomic mass is 9.44. The van der Waals surface area contributed by atoms with E-state index in [-0.39, 0.29) is 6.10 Å². The Kier molecular flexibility index (Phi) is 7.20. The van der Waals surface area contributed by atoms with Crippen molar-refractivity contribution in [1.82, 2.24) is 0 Å². The SMILES string of the molecule is CC(C)CCCC(C)C1CCC2C3CCC4CC(C(C)OO)CCC4(C)C3CCC12C. The first kappa shape index (κ1) is 24.1. The number of hydrogen-bond donors (Lipinski definition) is 1. The molecule has 0 heterocycles. The molecule has 0 aromatic rings. The summed E-state index contributed by atoms with van der Waals surface area (Å²) in [7, 11) is 0. The summed E-state index contributed by atoms with van der Waals surface area (Å²) in [6, 6.07) is 0. The molecule has 0 radical (unpaired) electrons. The molecular formula is C29H52O2. The molecule has 4 rings (SSSR count). The van der Waals surface area contributed by atoms with Crippen LogP contribution in [0.5, 0.6) is 0 Å². The molecule has 4 fully saturated rings. The monoisotopic (exact) mass is 432 g/mol. The van der Waals surface area contributed by atoms with Gasteiger partial charge in [-0.15, -0.1) is 0 Å². The van der Waals surface area contributed by atoms with E-state index in [4.69, 9.17) is 4.89 Å². The van der Waals surface area contributed by atoms with Gasteiger partial charge in [-0.05, 0) is 123 Å². The largest absolute Gasteiger partial charge is 0.252 e. The van der Waals surface area contributed by atoms with E-state index in [0.717, 1.165) is 41.4 Å². The van der Waals surface area contributed by atoms with E-state index in [1.807, 2.05) is 0 Å². The Morgan fingerprint density at radius 3 is 2.26 bits per heavy atom. The minimum Gasteiger partial charge on any atom is -0.252 e. The first-order valence-corrected chi connectivity index (χ1v) is 14.0. The van der Waals surface area contributed by atoms with Crippen LogP contribution in [0, 0.1) is 58.2 Å². The third-order valence-electron chi connectivity index (χ3n) is 11.7. The van der Waals surface area contributed by atoms with Gasteiger partial charge in [-0.25, -0.2) is 4.89 Å². The van der Waals surface area contributed by atoms with Crippen molar-refractivity contribution < 1.29 is 10.1 Å². The van der Waals surface area contributed by atoms with Crippen molar-refractivity contribution in [3.63, 3.8) is 0 Å². The van der Waals surface area contributed by atoms with Gasteiger partial charge in [0, 0.05) is 0 Å². The maximum Gasteiger partial charge on any atom is 0.0927 e. The Morgan fingerprint density at radius 1 is 0.839 bits per heavy atom. The first-order valence-electron chi connectivity index (χ1n) is 14.0. The van der Waals surface area contributed by atoms with E-state index in [9.17, 15) is 5.26 Å². The lowest BCUT2D eigenvalue weighted by Gasteiger charge is -2.61. The highest BCUT2D eigenvalue weighted by Crippen LogP contribution is 2.68. The topological polar surface area (TPSA) is 29.5 Å². The molecule has 2 heteroatoms. The van der Waals surface area contributed by atoms with Gasteiger partial charge in [0.1, 0.15) is 0 Å². The molecule has 180 valence electrons. The molecule has 4 aliphatic carbocycles. The minimum atomic E-state index is 0.00435. The zero-order valence-corrected chi connectivity index (χ0v) is 21.5. The Hall–Kier alpha value is -0.0800. The Bertz CT molecular complexity index is 602. The van der Waals surface area contributed by atoms with Crippen LogP contribution in [0.2, 0.25) is 0 Å². The molecule has 0 bridgehead atoms. The van der Waals surface area contributed by atoms with E-state index in [1.165, 1.54) is 77.0 Å². The van der Waals surface area contributed by atoms with Crippen LogP contribution in [0.4, 0.5) is 0 Å². The second-order valence-electron chi connectivity index (χ2n) is 13.5. The van der Waals surface area contributed by atoms with Crippen LogP contribution in [-0.4, -0.2) is 11.4 Å². The van der Waals surface area contributed by atoms with Gasteiger partial charge in [-0.2, -0.15) is 0 Å². The third kappa shape index (κ3) is 4.27. The molecule has 1 N–H and O–H groups in total. The van der Waals surface area contributed by atoms with E-state index in [0.29, 0.717) is 16.7 Å². The highest BCUT2D eigenvalue weighted by atomic mass is 17.1. The molecule has 0 saturated heterocycles. The normalized spacial score (nSPS) is 46.8. The van der Waals surface area contributed by atoms with Crippen molar-refractivity contribution >= 4 is 0 Å². The lowest BCUT2D eigenvalue weighted by molar-refractivity contribution is -0.290. The molecule has 0 aliphatic heterocycles. The van der Waals surface area contributed by atoms with Crippen molar-refractivity contribution in [3.05, 3.63) is 0 Å². The molecule has 31 heavy (non-hydrogen) atoms. The van der Waals surface area contributed by atoms with E-state index < -0.39 is 0 Å². The highest BCUT2D eigenvalue weighted by molar-refractivity contribution is 5.09. The fourth-order valence-corrected chi connectivity index (χ4v) is 9.83. The summed E-state index contributed by atoms with van der Waals surface area (Å²) in [6.07, 6.45) is 17.0. The molecule has 0 spiro atoms. The van der Waals surface area contributed by atoms with Gasteiger partial charge in [0.2, 0.25) is 0 Å². The predicted molar refractivity (Wildman–Crippen MR) is 130 cm³/mol. The summed E-state index contributed by atoms with van der Waals surface area (Å²) in [5.74, 6) is 7.05. The van der Waals surface area contributed by atoms with Gasteiger partial charge in [0.05, 0.1) is 6.10 Å². The fourth-order valence-electron chi connectivity index (χ4n) is 9.83. The van der Waals surface area contributed by atoms with E-state index in [2.05, 4.69) is 41.5 Å². The number of rotatable bonds is 7. The van der Waals surface area contributed by atoms with Gasteiger partial charge in [0.25, 0.3) is 0 Å².